The Bertz CT molecular complexity index is 1110. The van der Waals surface area contributed by atoms with Gasteiger partial charge in [0.25, 0.3) is 5.91 Å². The standard InChI is InChI=1S/C26H24FNO4/c1-17-5-3-4-6-22(17)32-24-23(19-9-11-20(12-10-19)26(30)31-2)28(25(24)29)16-15-18-7-13-21(27)14-8-18/h3-14,23-24H,15-16H2,1-2H3. The number of rotatable bonds is 7. The van der Waals surface area contributed by atoms with Crippen molar-refractivity contribution in [2.24, 2.45) is 0 Å². The Morgan fingerprint density at radius 1 is 1.00 bits per heavy atom. The molecule has 0 aliphatic carbocycles. The molecule has 1 aliphatic rings. The first-order valence-electron chi connectivity index (χ1n) is 10.4. The number of ether oxygens (including phenoxy) is 2. The van der Waals surface area contributed by atoms with E-state index < -0.39 is 12.1 Å². The van der Waals surface area contributed by atoms with Gasteiger partial charge in [-0.05, 0) is 60.4 Å². The number of hydrogen-bond acceptors (Lipinski definition) is 4. The second-order valence-corrected chi connectivity index (χ2v) is 7.77. The monoisotopic (exact) mass is 433 g/mol. The fourth-order valence-corrected chi connectivity index (χ4v) is 3.90. The molecular formula is C26H24FNO4. The lowest BCUT2D eigenvalue weighted by molar-refractivity contribution is -0.164. The van der Waals surface area contributed by atoms with Crippen LogP contribution in [-0.2, 0) is 16.0 Å². The average molecular weight is 433 g/mol. The maximum Gasteiger partial charge on any atom is 0.337 e. The highest BCUT2D eigenvalue weighted by molar-refractivity contribution is 5.91. The summed E-state index contributed by atoms with van der Waals surface area (Å²) in [4.78, 5) is 26.6. The van der Waals surface area contributed by atoms with E-state index in [2.05, 4.69) is 0 Å². The fraction of sp³-hybridized carbons (Fsp3) is 0.231. The Hall–Kier alpha value is -3.67. The number of methoxy groups -OCH3 is 1. The molecule has 0 saturated carbocycles. The molecule has 4 rings (SSSR count). The highest BCUT2D eigenvalue weighted by Gasteiger charge is 2.49. The van der Waals surface area contributed by atoms with Crippen LogP contribution in [0.25, 0.3) is 0 Å². The van der Waals surface area contributed by atoms with Gasteiger partial charge in [-0.3, -0.25) is 4.79 Å². The first kappa shape index (κ1) is 21.6. The number of carbonyl (C=O) groups is 2. The summed E-state index contributed by atoms with van der Waals surface area (Å²) in [7, 11) is 1.34. The Morgan fingerprint density at radius 3 is 2.34 bits per heavy atom. The van der Waals surface area contributed by atoms with Gasteiger partial charge in [-0.2, -0.15) is 0 Å². The smallest absolute Gasteiger partial charge is 0.337 e. The molecule has 3 aromatic carbocycles. The van der Waals surface area contributed by atoms with Crippen molar-refractivity contribution in [1.82, 2.24) is 4.90 Å². The van der Waals surface area contributed by atoms with Gasteiger partial charge in [0.1, 0.15) is 17.6 Å². The summed E-state index contributed by atoms with van der Waals surface area (Å²) >= 11 is 0. The third-order valence-corrected chi connectivity index (χ3v) is 5.72. The van der Waals surface area contributed by atoms with Crippen molar-refractivity contribution in [1.29, 1.82) is 0 Å². The van der Waals surface area contributed by atoms with Crippen LogP contribution in [0, 0.1) is 12.7 Å². The zero-order valence-electron chi connectivity index (χ0n) is 18.0. The highest BCUT2D eigenvalue weighted by Crippen LogP contribution is 2.38. The molecule has 1 heterocycles. The topological polar surface area (TPSA) is 55.8 Å². The normalized spacial score (nSPS) is 17.6. The van der Waals surface area contributed by atoms with Crippen molar-refractivity contribution >= 4 is 11.9 Å². The predicted octanol–water partition coefficient (Wildman–Crippen LogP) is 4.49. The summed E-state index contributed by atoms with van der Waals surface area (Å²) in [6, 6.07) is 20.6. The lowest BCUT2D eigenvalue weighted by atomic mass is 9.89. The Labute approximate surface area is 186 Å². The molecule has 0 spiro atoms. The van der Waals surface area contributed by atoms with Gasteiger partial charge in [0, 0.05) is 6.54 Å². The van der Waals surface area contributed by atoms with Crippen LogP contribution in [0.15, 0.2) is 72.8 Å². The molecule has 1 saturated heterocycles. The summed E-state index contributed by atoms with van der Waals surface area (Å²) in [5.41, 5.74) is 3.21. The molecule has 5 nitrogen and oxygen atoms in total. The molecule has 3 aromatic rings. The number of likely N-dealkylation sites (tertiary alicyclic amines) is 1. The molecule has 32 heavy (non-hydrogen) atoms. The maximum absolute atomic E-state index is 13.2. The number of β-lactam (4-membered cyclic amide) rings is 1. The average Bonchev–Trinajstić information content (AvgIpc) is 2.82. The molecular weight excluding hydrogens is 409 g/mol. The lowest BCUT2D eigenvalue weighted by Crippen LogP contribution is -2.61. The highest BCUT2D eigenvalue weighted by atomic mass is 19.1. The van der Waals surface area contributed by atoms with Gasteiger partial charge in [-0.25, -0.2) is 9.18 Å². The molecule has 2 atom stereocenters. The molecule has 0 radical (unpaired) electrons. The minimum atomic E-state index is -0.659. The zero-order valence-corrected chi connectivity index (χ0v) is 18.0. The van der Waals surface area contributed by atoms with Crippen molar-refractivity contribution in [2.75, 3.05) is 13.7 Å². The van der Waals surface area contributed by atoms with E-state index >= 15 is 0 Å². The minimum Gasteiger partial charge on any atom is -0.478 e. The van der Waals surface area contributed by atoms with Crippen LogP contribution in [0.1, 0.15) is 33.1 Å². The van der Waals surface area contributed by atoms with E-state index in [-0.39, 0.29) is 17.8 Å². The van der Waals surface area contributed by atoms with Crippen molar-refractivity contribution in [3.05, 3.63) is 101 Å². The molecule has 1 aliphatic heterocycles. The summed E-state index contributed by atoms with van der Waals surface area (Å²) in [6.45, 7) is 2.41. The SMILES string of the molecule is COC(=O)c1ccc(C2C(Oc3ccccc3C)C(=O)N2CCc2ccc(F)cc2)cc1. The van der Waals surface area contributed by atoms with Crippen molar-refractivity contribution < 1.29 is 23.5 Å². The molecule has 0 N–H and O–H groups in total. The molecule has 1 amide bonds. The van der Waals surface area contributed by atoms with Gasteiger partial charge < -0.3 is 14.4 Å². The van der Waals surface area contributed by atoms with E-state index in [1.54, 1.807) is 29.2 Å². The van der Waals surface area contributed by atoms with Gasteiger partial charge in [0.05, 0.1) is 12.7 Å². The van der Waals surface area contributed by atoms with Crippen LogP contribution >= 0.6 is 0 Å². The van der Waals surface area contributed by atoms with Crippen molar-refractivity contribution in [3.8, 4) is 5.75 Å². The van der Waals surface area contributed by atoms with Crippen LogP contribution < -0.4 is 4.74 Å². The first-order valence-corrected chi connectivity index (χ1v) is 10.4. The fourth-order valence-electron chi connectivity index (χ4n) is 3.90. The number of aryl methyl sites for hydroxylation is 1. The van der Waals surface area contributed by atoms with E-state index in [1.807, 2.05) is 43.3 Å². The molecule has 1 fully saturated rings. The lowest BCUT2D eigenvalue weighted by Gasteiger charge is -2.47. The Kier molecular flexibility index (Phi) is 6.21. The molecule has 0 aromatic heterocycles. The van der Waals surface area contributed by atoms with Gasteiger partial charge in [0.2, 0.25) is 6.10 Å². The first-order chi connectivity index (χ1) is 15.5. The summed E-state index contributed by atoms with van der Waals surface area (Å²) < 4.78 is 24.1. The number of benzene rings is 3. The van der Waals surface area contributed by atoms with Crippen LogP contribution in [0.5, 0.6) is 5.75 Å². The van der Waals surface area contributed by atoms with Gasteiger partial charge >= 0.3 is 5.97 Å². The van der Waals surface area contributed by atoms with Crippen molar-refractivity contribution in [2.45, 2.75) is 25.5 Å². The van der Waals surface area contributed by atoms with Gasteiger partial charge in [0.15, 0.2) is 0 Å². The van der Waals surface area contributed by atoms with E-state index in [4.69, 9.17) is 9.47 Å². The van der Waals surface area contributed by atoms with E-state index in [0.717, 1.165) is 16.7 Å². The summed E-state index contributed by atoms with van der Waals surface area (Å²) in [5, 5.41) is 0. The predicted molar refractivity (Wildman–Crippen MR) is 118 cm³/mol. The second-order valence-electron chi connectivity index (χ2n) is 7.77. The summed E-state index contributed by atoms with van der Waals surface area (Å²) in [5.74, 6) is -0.135. The molecule has 2 unspecified atom stereocenters. The minimum absolute atomic E-state index is 0.0996. The van der Waals surface area contributed by atoms with Crippen LogP contribution in [0.2, 0.25) is 0 Å². The van der Waals surface area contributed by atoms with E-state index in [1.165, 1.54) is 19.2 Å². The third-order valence-electron chi connectivity index (χ3n) is 5.72. The van der Waals surface area contributed by atoms with Gasteiger partial charge in [-0.1, -0.05) is 42.5 Å². The quantitative estimate of drug-likeness (QED) is 0.407. The van der Waals surface area contributed by atoms with Crippen molar-refractivity contribution in [3.63, 3.8) is 0 Å². The second kappa shape index (κ2) is 9.22. The van der Waals surface area contributed by atoms with Crippen LogP contribution in [-0.4, -0.2) is 36.5 Å². The van der Waals surface area contributed by atoms with E-state index in [0.29, 0.717) is 24.3 Å². The number of halogens is 1. The third kappa shape index (κ3) is 4.35. The number of esters is 1. The molecule has 6 heteroatoms. The van der Waals surface area contributed by atoms with Gasteiger partial charge in [-0.15, -0.1) is 0 Å². The van der Waals surface area contributed by atoms with Crippen LogP contribution in [0.3, 0.4) is 0 Å². The Balaban J connectivity index is 1.57. The Morgan fingerprint density at radius 2 is 1.69 bits per heavy atom. The molecule has 0 bridgehead atoms. The zero-order chi connectivity index (χ0) is 22.7. The molecule has 164 valence electrons. The number of para-hydroxylation sites is 1. The summed E-state index contributed by atoms with van der Waals surface area (Å²) in [6.07, 6.45) is -0.0619. The maximum atomic E-state index is 13.2. The number of amides is 1. The number of hydrogen-bond donors (Lipinski definition) is 0. The number of carbonyl (C=O) groups excluding carboxylic acids is 2. The number of nitrogens with zero attached hydrogens (tertiary/aromatic N) is 1. The van der Waals surface area contributed by atoms with Crippen LogP contribution in [0.4, 0.5) is 4.39 Å². The van der Waals surface area contributed by atoms with E-state index in [9.17, 15) is 14.0 Å². The largest absolute Gasteiger partial charge is 0.478 e.